The van der Waals surface area contributed by atoms with Crippen LogP contribution in [0.3, 0.4) is 0 Å². The summed E-state index contributed by atoms with van der Waals surface area (Å²) in [5, 5.41) is 6.86. The van der Waals surface area contributed by atoms with Gasteiger partial charge in [-0.15, -0.1) is 10.2 Å². The Morgan fingerprint density at radius 3 is 2.26 bits per heavy atom. The number of sulfonamides is 1. The second kappa shape index (κ2) is 7.90. The summed E-state index contributed by atoms with van der Waals surface area (Å²) in [5.74, 6) is -0.681. The molecule has 2 N–H and O–H groups in total. The molecule has 12 heteroatoms. The largest absolute Gasteiger partial charge is 0.445 e. The fourth-order valence-electron chi connectivity index (χ4n) is 2.53. The van der Waals surface area contributed by atoms with E-state index in [1.54, 1.807) is 26.0 Å². The van der Waals surface area contributed by atoms with E-state index in [4.69, 9.17) is 0 Å². The lowest BCUT2D eigenvalue weighted by Gasteiger charge is -2.13. The molecule has 0 aliphatic rings. The quantitative estimate of drug-likeness (QED) is 0.746. The molecule has 148 valence electrons. The maximum Gasteiger partial charge on any atom is 0.445 e. The Morgan fingerprint density at radius 1 is 1.15 bits per heavy atom. The SMILES string of the molecule is Cc1cc(C)c(S(=O)(=O)NCCC(=O)Nc2nnc(C(F)(F)F)s2)c(C)c1. The number of nitrogens with one attached hydrogen (secondary N) is 2. The topological polar surface area (TPSA) is 101 Å². The molecular formula is C15H17F3N4O3S2. The molecule has 1 heterocycles. The van der Waals surface area contributed by atoms with E-state index >= 15 is 0 Å². The van der Waals surface area contributed by atoms with Gasteiger partial charge in [0.2, 0.25) is 26.1 Å². The minimum Gasteiger partial charge on any atom is -0.300 e. The molecule has 2 aromatic rings. The average molecular weight is 422 g/mol. The summed E-state index contributed by atoms with van der Waals surface area (Å²) in [4.78, 5) is 11.9. The molecular weight excluding hydrogens is 405 g/mol. The van der Waals surface area contributed by atoms with Crippen LogP contribution in [-0.2, 0) is 21.0 Å². The van der Waals surface area contributed by atoms with Gasteiger partial charge in [-0.1, -0.05) is 29.0 Å². The Kier molecular flexibility index (Phi) is 6.22. The number of rotatable bonds is 6. The summed E-state index contributed by atoms with van der Waals surface area (Å²) < 4.78 is 64.5. The van der Waals surface area contributed by atoms with Crippen molar-refractivity contribution in [3.63, 3.8) is 0 Å². The highest BCUT2D eigenvalue weighted by atomic mass is 32.2. The summed E-state index contributed by atoms with van der Waals surface area (Å²) in [6.07, 6.45) is -4.91. The molecule has 0 aliphatic carbocycles. The molecule has 0 unspecified atom stereocenters. The first-order valence-corrected chi connectivity index (χ1v) is 9.98. The highest BCUT2D eigenvalue weighted by Crippen LogP contribution is 2.33. The molecule has 0 fully saturated rings. The second-order valence-corrected chi connectivity index (χ2v) is 8.52. The fraction of sp³-hybridized carbons (Fsp3) is 0.400. The summed E-state index contributed by atoms with van der Waals surface area (Å²) >= 11 is 0.191. The Hall–Kier alpha value is -2.05. The van der Waals surface area contributed by atoms with Gasteiger partial charge in [-0.25, -0.2) is 13.1 Å². The minimum absolute atomic E-state index is 0.146. The first-order valence-electron chi connectivity index (χ1n) is 7.68. The third-order valence-electron chi connectivity index (χ3n) is 3.43. The van der Waals surface area contributed by atoms with Crippen molar-refractivity contribution in [1.82, 2.24) is 14.9 Å². The van der Waals surface area contributed by atoms with Crippen molar-refractivity contribution in [3.05, 3.63) is 33.8 Å². The molecule has 1 aromatic heterocycles. The fourth-order valence-corrected chi connectivity index (χ4v) is 4.64. The van der Waals surface area contributed by atoms with Crippen molar-refractivity contribution in [2.75, 3.05) is 11.9 Å². The van der Waals surface area contributed by atoms with Crippen LogP contribution in [0.1, 0.15) is 28.1 Å². The van der Waals surface area contributed by atoms with Crippen LogP contribution in [0.15, 0.2) is 17.0 Å². The molecule has 1 amide bonds. The van der Waals surface area contributed by atoms with E-state index < -0.39 is 27.1 Å². The third kappa shape index (κ3) is 5.47. The van der Waals surface area contributed by atoms with Crippen LogP contribution < -0.4 is 10.0 Å². The monoisotopic (exact) mass is 422 g/mol. The molecule has 0 atom stereocenters. The van der Waals surface area contributed by atoms with E-state index in [-0.39, 0.29) is 34.3 Å². The van der Waals surface area contributed by atoms with E-state index in [1.165, 1.54) is 0 Å². The van der Waals surface area contributed by atoms with Crippen LogP contribution in [0, 0.1) is 20.8 Å². The number of benzene rings is 1. The molecule has 0 bridgehead atoms. The van der Waals surface area contributed by atoms with Gasteiger partial charge in [0.25, 0.3) is 0 Å². The summed E-state index contributed by atoms with van der Waals surface area (Å²) in [5.41, 5.74) is 2.09. The number of carbonyl (C=O) groups excluding carboxylic acids is 1. The molecule has 0 saturated carbocycles. The smallest absolute Gasteiger partial charge is 0.300 e. The number of anilines is 1. The number of nitrogens with zero attached hydrogens (tertiary/aromatic N) is 2. The maximum absolute atomic E-state index is 12.5. The Bertz CT molecular complexity index is 932. The molecule has 0 radical (unpaired) electrons. The number of carbonyl (C=O) groups is 1. The predicted octanol–water partition coefficient (Wildman–Crippen LogP) is 2.79. The van der Waals surface area contributed by atoms with Crippen molar-refractivity contribution < 1.29 is 26.4 Å². The van der Waals surface area contributed by atoms with Crippen molar-refractivity contribution in [3.8, 4) is 0 Å². The minimum atomic E-state index is -4.64. The highest BCUT2D eigenvalue weighted by molar-refractivity contribution is 7.89. The van der Waals surface area contributed by atoms with Crippen molar-refractivity contribution in [2.45, 2.75) is 38.3 Å². The van der Waals surface area contributed by atoms with Gasteiger partial charge in [0, 0.05) is 13.0 Å². The van der Waals surface area contributed by atoms with Crippen LogP contribution in [0.2, 0.25) is 0 Å². The Morgan fingerprint density at radius 2 is 1.74 bits per heavy atom. The van der Waals surface area contributed by atoms with Crippen LogP contribution in [0.5, 0.6) is 0 Å². The van der Waals surface area contributed by atoms with Gasteiger partial charge in [0.1, 0.15) is 0 Å². The van der Waals surface area contributed by atoms with E-state index in [0.717, 1.165) is 5.56 Å². The summed E-state index contributed by atoms with van der Waals surface area (Å²) in [7, 11) is -3.83. The van der Waals surface area contributed by atoms with Gasteiger partial charge in [0.15, 0.2) is 0 Å². The molecule has 27 heavy (non-hydrogen) atoms. The number of hydrogen-bond donors (Lipinski definition) is 2. The van der Waals surface area contributed by atoms with E-state index in [9.17, 15) is 26.4 Å². The molecule has 0 spiro atoms. The van der Waals surface area contributed by atoms with Crippen molar-refractivity contribution >= 4 is 32.4 Å². The van der Waals surface area contributed by atoms with Gasteiger partial charge in [-0.2, -0.15) is 13.2 Å². The molecule has 2 rings (SSSR count). The Balaban J connectivity index is 1.95. The number of aromatic nitrogens is 2. The third-order valence-corrected chi connectivity index (χ3v) is 6.08. The zero-order valence-corrected chi connectivity index (χ0v) is 16.3. The summed E-state index contributed by atoms with van der Waals surface area (Å²) in [6, 6.07) is 3.48. The van der Waals surface area contributed by atoms with Gasteiger partial charge in [-0.05, 0) is 31.9 Å². The summed E-state index contributed by atoms with van der Waals surface area (Å²) in [6.45, 7) is 4.99. The number of hydrogen-bond acceptors (Lipinski definition) is 6. The predicted molar refractivity (Wildman–Crippen MR) is 94.0 cm³/mol. The number of halogens is 3. The lowest BCUT2D eigenvalue weighted by molar-refractivity contribution is -0.138. The van der Waals surface area contributed by atoms with E-state index in [0.29, 0.717) is 11.1 Å². The van der Waals surface area contributed by atoms with Gasteiger partial charge in [-0.3, -0.25) is 4.79 Å². The Labute approximate surface area is 158 Å². The van der Waals surface area contributed by atoms with Gasteiger partial charge < -0.3 is 5.32 Å². The lowest BCUT2D eigenvalue weighted by atomic mass is 10.1. The van der Waals surface area contributed by atoms with Crippen LogP contribution >= 0.6 is 11.3 Å². The molecule has 0 saturated heterocycles. The van der Waals surface area contributed by atoms with Crippen LogP contribution in [0.25, 0.3) is 0 Å². The standard InChI is InChI=1S/C15H17F3N4O3S2/c1-8-6-9(2)12(10(3)7-8)27(24,25)19-5-4-11(23)20-14-22-21-13(26-14)15(16,17)18/h6-7,19H,4-5H2,1-3H3,(H,20,22,23). The van der Waals surface area contributed by atoms with Crippen molar-refractivity contribution in [1.29, 1.82) is 0 Å². The first kappa shape index (κ1) is 21.3. The van der Waals surface area contributed by atoms with Crippen LogP contribution in [-0.4, -0.2) is 31.1 Å². The second-order valence-electron chi connectivity index (χ2n) is 5.83. The number of aryl methyl sites for hydroxylation is 3. The normalized spacial score (nSPS) is 12.2. The maximum atomic E-state index is 12.5. The zero-order chi connectivity index (χ0) is 20.4. The van der Waals surface area contributed by atoms with Crippen LogP contribution in [0.4, 0.5) is 18.3 Å². The average Bonchev–Trinajstić information content (AvgIpc) is 2.93. The van der Waals surface area contributed by atoms with Crippen molar-refractivity contribution in [2.24, 2.45) is 0 Å². The molecule has 1 aromatic carbocycles. The molecule has 7 nitrogen and oxygen atoms in total. The van der Waals surface area contributed by atoms with Gasteiger partial charge >= 0.3 is 6.18 Å². The zero-order valence-electron chi connectivity index (χ0n) is 14.6. The number of amides is 1. The highest BCUT2D eigenvalue weighted by Gasteiger charge is 2.35. The van der Waals surface area contributed by atoms with Gasteiger partial charge in [0.05, 0.1) is 4.90 Å². The number of alkyl halides is 3. The molecule has 0 aliphatic heterocycles. The van der Waals surface area contributed by atoms with E-state index in [2.05, 4.69) is 20.2 Å². The first-order chi connectivity index (χ1) is 12.4. The lowest BCUT2D eigenvalue weighted by Crippen LogP contribution is -2.29. The van der Waals surface area contributed by atoms with E-state index in [1.807, 2.05) is 6.92 Å².